The number of aromatic nitrogens is 3. The van der Waals surface area contributed by atoms with Crippen molar-refractivity contribution < 1.29 is 4.42 Å². The molecule has 2 aliphatic rings. The van der Waals surface area contributed by atoms with Gasteiger partial charge in [0, 0.05) is 50.8 Å². The van der Waals surface area contributed by atoms with Crippen LogP contribution in [0.5, 0.6) is 0 Å². The third kappa shape index (κ3) is 5.84. The van der Waals surface area contributed by atoms with E-state index in [1.165, 1.54) is 12.0 Å². The van der Waals surface area contributed by atoms with Crippen LogP contribution in [-0.4, -0.2) is 52.8 Å². The molecule has 6 nitrogen and oxygen atoms in total. The molecule has 180 valence electrons. The van der Waals surface area contributed by atoms with E-state index < -0.39 is 0 Å². The molecule has 1 aliphatic carbocycles. The number of hydrogen-bond acceptors (Lipinski definition) is 6. The summed E-state index contributed by atoms with van der Waals surface area (Å²) >= 11 is 0. The lowest BCUT2D eigenvalue weighted by Gasteiger charge is -2.41. The summed E-state index contributed by atoms with van der Waals surface area (Å²) < 4.78 is 6.02. The molecule has 33 heavy (non-hydrogen) atoms. The second kappa shape index (κ2) is 9.96. The van der Waals surface area contributed by atoms with Gasteiger partial charge in [-0.1, -0.05) is 52.3 Å². The lowest BCUT2D eigenvalue weighted by Crippen LogP contribution is -2.49. The van der Waals surface area contributed by atoms with Crippen LogP contribution >= 0.6 is 0 Å². The van der Waals surface area contributed by atoms with Crippen molar-refractivity contribution in [2.24, 2.45) is 23.7 Å². The zero-order valence-corrected chi connectivity index (χ0v) is 21.3. The molecule has 2 aromatic rings. The third-order valence-electron chi connectivity index (χ3n) is 7.43. The molecule has 0 saturated carbocycles. The number of allylic oxidation sites excluding steroid dienone is 1. The molecule has 3 atom stereocenters. The van der Waals surface area contributed by atoms with Gasteiger partial charge < -0.3 is 9.32 Å². The normalized spacial score (nSPS) is 24.9. The maximum atomic E-state index is 6.02. The minimum absolute atomic E-state index is 0.102. The van der Waals surface area contributed by atoms with Gasteiger partial charge in [0.25, 0.3) is 0 Å². The van der Waals surface area contributed by atoms with Gasteiger partial charge in [0.05, 0.1) is 0 Å². The lowest BCUT2D eigenvalue weighted by atomic mass is 9.69. The molecule has 0 amide bonds. The Morgan fingerprint density at radius 1 is 1.09 bits per heavy atom. The van der Waals surface area contributed by atoms with Gasteiger partial charge >= 0.3 is 0 Å². The number of nitrogens with zero attached hydrogens (tertiary/aromatic N) is 5. The Morgan fingerprint density at radius 2 is 1.85 bits per heavy atom. The summed E-state index contributed by atoms with van der Waals surface area (Å²) in [7, 11) is 0. The highest BCUT2D eigenvalue weighted by atomic mass is 16.4. The number of hydrogen-bond donors (Lipinski definition) is 0. The summed E-state index contributed by atoms with van der Waals surface area (Å²) in [5.41, 5.74) is 1.38. The van der Waals surface area contributed by atoms with Crippen LogP contribution in [0.2, 0.25) is 0 Å². The molecule has 2 aromatic heterocycles. The highest BCUT2D eigenvalue weighted by Crippen LogP contribution is 2.39. The molecule has 1 saturated heterocycles. The number of piperazine rings is 1. The molecule has 0 spiro atoms. The van der Waals surface area contributed by atoms with Crippen LogP contribution in [0, 0.1) is 23.7 Å². The minimum Gasteiger partial charge on any atom is -0.425 e. The van der Waals surface area contributed by atoms with E-state index in [1.54, 1.807) is 0 Å². The van der Waals surface area contributed by atoms with E-state index in [0.29, 0.717) is 23.7 Å². The van der Waals surface area contributed by atoms with E-state index >= 15 is 0 Å². The fourth-order valence-electron chi connectivity index (χ4n) is 5.33. The smallest absolute Gasteiger partial charge is 0.221 e. The maximum Gasteiger partial charge on any atom is 0.221 e. The highest BCUT2D eigenvalue weighted by molar-refractivity contribution is 5.38. The lowest BCUT2D eigenvalue weighted by molar-refractivity contribution is 0.154. The Bertz CT molecular complexity index is 921. The van der Waals surface area contributed by atoms with Crippen LogP contribution in [0.3, 0.4) is 0 Å². The second-order valence-corrected chi connectivity index (χ2v) is 11.3. The molecule has 1 aliphatic heterocycles. The standard InChI is InChI=1S/C27H41N5O/c1-19(2)23-16-21(17-25-29-30-26(33-25)27(4,5)6)20(3)15-22(23)18-31-11-13-32(14-12-31)24-9-7-8-10-28-24/h7-10,15,19,21-23H,11-14,16-18H2,1-6H3. The van der Waals surface area contributed by atoms with Crippen LogP contribution in [0.15, 0.2) is 40.5 Å². The Kier molecular flexibility index (Phi) is 7.22. The SMILES string of the molecule is CC1=CC(CN2CCN(c3ccccn3)CC2)C(C(C)C)CC1Cc1nnc(C(C)(C)C)o1. The summed E-state index contributed by atoms with van der Waals surface area (Å²) in [6, 6.07) is 6.18. The molecule has 4 rings (SSSR count). The first-order chi connectivity index (χ1) is 15.7. The molecule has 0 N–H and O–H groups in total. The summed E-state index contributed by atoms with van der Waals surface area (Å²) in [6.07, 6.45) is 6.50. The molecule has 3 unspecified atom stereocenters. The van der Waals surface area contributed by atoms with Crippen LogP contribution in [0.25, 0.3) is 0 Å². The number of pyridine rings is 1. The van der Waals surface area contributed by atoms with Crippen molar-refractivity contribution in [1.82, 2.24) is 20.1 Å². The first-order valence-corrected chi connectivity index (χ1v) is 12.6. The van der Waals surface area contributed by atoms with E-state index in [0.717, 1.165) is 56.7 Å². The molecule has 3 heterocycles. The average molecular weight is 452 g/mol. The van der Waals surface area contributed by atoms with Crippen molar-refractivity contribution in [2.75, 3.05) is 37.6 Å². The monoisotopic (exact) mass is 451 g/mol. The van der Waals surface area contributed by atoms with E-state index in [9.17, 15) is 0 Å². The third-order valence-corrected chi connectivity index (χ3v) is 7.43. The highest BCUT2D eigenvalue weighted by Gasteiger charge is 2.34. The summed E-state index contributed by atoms with van der Waals surface area (Å²) in [5.74, 6) is 5.05. The summed E-state index contributed by atoms with van der Waals surface area (Å²) in [4.78, 5) is 9.58. The van der Waals surface area contributed by atoms with E-state index in [2.05, 4.69) is 84.7 Å². The van der Waals surface area contributed by atoms with Gasteiger partial charge in [0.15, 0.2) is 0 Å². The summed E-state index contributed by atoms with van der Waals surface area (Å²) in [6.45, 7) is 18.9. The maximum absolute atomic E-state index is 6.02. The predicted octanol–water partition coefficient (Wildman–Crippen LogP) is 4.98. The van der Waals surface area contributed by atoms with Crippen LogP contribution in [0.1, 0.15) is 59.7 Å². The van der Waals surface area contributed by atoms with Crippen LogP contribution in [-0.2, 0) is 11.8 Å². The average Bonchev–Trinajstić information content (AvgIpc) is 3.26. The van der Waals surface area contributed by atoms with E-state index in [1.807, 2.05) is 12.3 Å². The molecule has 0 radical (unpaired) electrons. The molecule has 0 bridgehead atoms. The summed E-state index contributed by atoms with van der Waals surface area (Å²) in [5, 5.41) is 8.67. The Hall–Kier alpha value is -2.21. The molecular weight excluding hydrogens is 410 g/mol. The number of rotatable bonds is 6. The van der Waals surface area contributed by atoms with Gasteiger partial charge in [0.1, 0.15) is 5.82 Å². The van der Waals surface area contributed by atoms with Gasteiger partial charge in [-0.05, 0) is 49.1 Å². The van der Waals surface area contributed by atoms with Gasteiger partial charge in [-0.25, -0.2) is 4.98 Å². The van der Waals surface area contributed by atoms with Crippen molar-refractivity contribution in [1.29, 1.82) is 0 Å². The predicted molar refractivity (Wildman–Crippen MR) is 133 cm³/mol. The minimum atomic E-state index is -0.102. The van der Waals surface area contributed by atoms with E-state index in [4.69, 9.17) is 4.42 Å². The fraction of sp³-hybridized carbons (Fsp3) is 0.667. The quantitative estimate of drug-likeness (QED) is 0.577. The topological polar surface area (TPSA) is 58.3 Å². The molecule has 1 fully saturated rings. The largest absolute Gasteiger partial charge is 0.425 e. The van der Waals surface area contributed by atoms with Gasteiger partial charge in [-0.3, -0.25) is 4.90 Å². The van der Waals surface area contributed by atoms with Gasteiger partial charge in [-0.15, -0.1) is 10.2 Å². The van der Waals surface area contributed by atoms with Crippen molar-refractivity contribution in [3.05, 3.63) is 47.8 Å². The van der Waals surface area contributed by atoms with Crippen molar-refractivity contribution >= 4 is 5.82 Å². The number of anilines is 1. The van der Waals surface area contributed by atoms with E-state index in [-0.39, 0.29) is 5.41 Å². The first kappa shape index (κ1) is 23.9. The molecular formula is C27H41N5O. The van der Waals surface area contributed by atoms with Gasteiger partial charge in [-0.2, -0.15) is 0 Å². The Labute approximate surface area is 199 Å². The zero-order valence-electron chi connectivity index (χ0n) is 21.3. The fourth-order valence-corrected chi connectivity index (χ4v) is 5.33. The van der Waals surface area contributed by atoms with Gasteiger partial charge in [0.2, 0.25) is 11.8 Å². The van der Waals surface area contributed by atoms with Crippen molar-refractivity contribution in [3.63, 3.8) is 0 Å². The first-order valence-electron chi connectivity index (χ1n) is 12.6. The zero-order chi connectivity index (χ0) is 23.6. The van der Waals surface area contributed by atoms with Crippen LogP contribution < -0.4 is 4.90 Å². The molecule has 0 aromatic carbocycles. The van der Waals surface area contributed by atoms with Crippen LogP contribution in [0.4, 0.5) is 5.82 Å². The van der Waals surface area contributed by atoms with Crippen molar-refractivity contribution in [3.8, 4) is 0 Å². The Morgan fingerprint density at radius 3 is 2.45 bits per heavy atom. The molecule has 6 heteroatoms. The Balaban J connectivity index is 1.38. The van der Waals surface area contributed by atoms with Crippen molar-refractivity contribution in [2.45, 2.75) is 59.8 Å². The second-order valence-electron chi connectivity index (χ2n) is 11.3.